The number of hydrogen-bond donors (Lipinski definition) is 0. The van der Waals surface area contributed by atoms with Crippen LogP contribution < -0.4 is 10.2 Å². The fourth-order valence-corrected chi connectivity index (χ4v) is 0. The van der Waals surface area contributed by atoms with Gasteiger partial charge in [-0.1, -0.05) is 0 Å². The second-order valence-corrected chi connectivity index (χ2v) is 0.983. The van der Waals surface area contributed by atoms with E-state index in [1.807, 2.05) is 0 Å². The van der Waals surface area contributed by atoms with Crippen molar-refractivity contribution < 1.29 is 19.8 Å². The Morgan fingerprint density at radius 2 is 1.00 bits per heavy atom. The minimum atomic E-state index is -1.08. The van der Waals surface area contributed by atoms with E-state index in [2.05, 4.69) is 0 Å². The van der Waals surface area contributed by atoms with Crippen molar-refractivity contribution in [1.82, 2.24) is 0 Å². The SMILES string of the molecule is CC(=O)[O-].CC(=O)[O-].[Ca+2].[Sr+2]. The van der Waals surface area contributed by atoms with E-state index in [0.29, 0.717) is 0 Å². The molecule has 10 heavy (non-hydrogen) atoms. The molecule has 0 amide bonds. The average Bonchev–Trinajstić information content (AvgIpc) is 1.25. The molecule has 0 rings (SSSR count). The second kappa shape index (κ2) is 17.0. The molecule has 0 N–H and O–H groups in total. The molecule has 0 aliphatic carbocycles. The van der Waals surface area contributed by atoms with Crippen LogP contribution in [-0.2, 0) is 9.59 Å². The van der Waals surface area contributed by atoms with Gasteiger partial charge in [-0.05, 0) is 13.8 Å². The number of carbonyl (C=O) groups excluding carboxylic acids is 2. The Hall–Kier alpha value is 1.68. The maximum atomic E-state index is 8.89. The first-order chi connectivity index (χ1) is 3.46. The summed E-state index contributed by atoms with van der Waals surface area (Å²) < 4.78 is 0. The van der Waals surface area contributed by atoms with Gasteiger partial charge in [0.25, 0.3) is 0 Å². The van der Waals surface area contributed by atoms with E-state index in [1.165, 1.54) is 0 Å². The van der Waals surface area contributed by atoms with Crippen LogP contribution in [0.5, 0.6) is 0 Å². The normalized spacial score (nSPS) is 5.00. The predicted octanol–water partition coefficient (Wildman–Crippen LogP) is -3.25. The summed E-state index contributed by atoms with van der Waals surface area (Å²) in [4.78, 5) is 17.8. The number of carboxylic acids is 2. The van der Waals surface area contributed by atoms with Gasteiger partial charge in [-0.3, -0.25) is 0 Å². The van der Waals surface area contributed by atoms with Gasteiger partial charge in [0.2, 0.25) is 0 Å². The van der Waals surface area contributed by atoms with Gasteiger partial charge in [-0.2, -0.15) is 0 Å². The molecule has 0 saturated carbocycles. The summed E-state index contributed by atoms with van der Waals surface area (Å²) in [7, 11) is 0. The zero-order chi connectivity index (χ0) is 7.15. The van der Waals surface area contributed by atoms with Crippen molar-refractivity contribution in [3.05, 3.63) is 0 Å². The third-order valence-electron chi connectivity index (χ3n) is 0. The van der Waals surface area contributed by atoms with Crippen molar-refractivity contribution in [3.8, 4) is 0 Å². The molecule has 0 saturated heterocycles. The van der Waals surface area contributed by atoms with Crippen LogP contribution in [0.15, 0.2) is 0 Å². The van der Waals surface area contributed by atoms with Crippen LogP contribution in [0.1, 0.15) is 13.8 Å². The van der Waals surface area contributed by atoms with Crippen LogP contribution in [-0.4, -0.2) is 95.2 Å². The standard InChI is InChI=1S/2C2H4O2.Ca.Sr/c2*1-2(3)4;;/h2*1H3,(H,3,4);;/q;;2*+2/p-2. The van der Waals surface area contributed by atoms with Gasteiger partial charge < -0.3 is 19.8 Å². The first-order valence-corrected chi connectivity index (χ1v) is 1.82. The summed E-state index contributed by atoms with van der Waals surface area (Å²) in [6.07, 6.45) is 0. The molecule has 0 spiro atoms. The molecular formula is C4H6CaO4Sr+2. The van der Waals surface area contributed by atoms with Crippen LogP contribution in [0.25, 0.3) is 0 Å². The van der Waals surface area contributed by atoms with E-state index in [0.717, 1.165) is 13.8 Å². The Kier molecular flexibility index (Phi) is 38.3. The maximum Gasteiger partial charge on any atom is 2.00 e. The smallest absolute Gasteiger partial charge is 0.550 e. The van der Waals surface area contributed by atoms with Crippen LogP contribution in [0.3, 0.4) is 0 Å². The Balaban J connectivity index is -0.0000000300. The van der Waals surface area contributed by atoms with Crippen LogP contribution in [0.2, 0.25) is 0 Å². The molecule has 0 heterocycles. The molecule has 6 heteroatoms. The Morgan fingerprint density at radius 3 is 1.00 bits per heavy atom. The molecule has 0 unspecified atom stereocenters. The maximum absolute atomic E-state index is 8.89. The zero-order valence-electron chi connectivity index (χ0n) is 6.05. The van der Waals surface area contributed by atoms with E-state index < -0.39 is 11.9 Å². The summed E-state index contributed by atoms with van der Waals surface area (Å²) in [5.41, 5.74) is 0. The number of carboxylic acid groups (broad SMARTS) is 2. The van der Waals surface area contributed by atoms with Crippen molar-refractivity contribution in [2.24, 2.45) is 0 Å². The van der Waals surface area contributed by atoms with Gasteiger partial charge in [-0.15, -0.1) is 0 Å². The molecule has 0 bridgehead atoms. The number of aliphatic carboxylic acids is 2. The molecule has 0 aromatic carbocycles. The molecule has 48 valence electrons. The van der Waals surface area contributed by atoms with Crippen molar-refractivity contribution in [3.63, 3.8) is 0 Å². The number of hydrogen-bond acceptors (Lipinski definition) is 4. The summed E-state index contributed by atoms with van der Waals surface area (Å²) in [6, 6.07) is 0. The molecule has 0 aliphatic heterocycles. The fraction of sp³-hybridized carbons (Fsp3) is 0.500. The van der Waals surface area contributed by atoms with E-state index in [4.69, 9.17) is 19.8 Å². The zero-order valence-corrected chi connectivity index (χ0v) is 11.7. The summed E-state index contributed by atoms with van der Waals surface area (Å²) in [5, 5.41) is 17.8. The van der Waals surface area contributed by atoms with Crippen molar-refractivity contribution in [2.45, 2.75) is 13.8 Å². The average molecular weight is 246 g/mol. The summed E-state index contributed by atoms with van der Waals surface area (Å²) >= 11 is 0. The van der Waals surface area contributed by atoms with Gasteiger partial charge in [-0.25, -0.2) is 0 Å². The van der Waals surface area contributed by atoms with Gasteiger partial charge in [0.05, 0.1) is 0 Å². The third kappa shape index (κ3) is 258. The van der Waals surface area contributed by atoms with Gasteiger partial charge >= 0.3 is 83.2 Å². The molecule has 4 nitrogen and oxygen atoms in total. The van der Waals surface area contributed by atoms with Crippen LogP contribution in [0, 0.1) is 0 Å². The Morgan fingerprint density at radius 1 is 1.00 bits per heavy atom. The van der Waals surface area contributed by atoms with Gasteiger partial charge in [0.15, 0.2) is 0 Å². The van der Waals surface area contributed by atoms with Crippen LogP contribution >= 0.6 is 0 Å². The Labute approximate surface area is 126 Å². The topological polar surface area (TPSA) is 80.3 Å². The summed E-state index contributed by atoms with van der Waals surface area (Å²) in [6.45, 7) is 1.94. The number of rotatable bonds is 0. The molecule has 0 fully saturated rings. The molecule has 0 aliphatic rings. The molecule has 0 atom stereocenters. The van der Waals surface area contributed by atoms with Crippen molar-refractivity contribution in [1.29, 1.82) is 0 Å². The van der Waals surface area contributed by atoms with E-state index in [9.17, 15) is 0 Å². The molecule has 0 aromatic heterocycles. The largest absolute Gasteiger partial charge is 2.00 e. The quantitative estimate of drug-likeness (QED) is 0.420. The number of carbonyl (C=O) groups is 2. The van der Waals surface area contributed by atoms with Crippen molar-refractivity contribution >= 4 is 95.2 Å². The molecular weight excluding hydrogens is 240 g/mol. The first kappa shape index (κ1) is 22.6. The minimum absolute atomic E-state index is 0. The predicted molar refractivity (Wildman–Crippen MR) is 32.9 cm³/mol. The summed E-state index contributed by atoms with van der Waals surface area (Å²) in [5.74, 6) is -2.17. The van der Waals surface area contributed by atoms with E-state index in [1.54, 1.807) is 0 Å². The van der Waals surface area contributed by atoms with Crippen molar-refractivity contribution in [2.75, 3.05) is 0 Å². The monoisotopic (exact) mass is 246 g/mol. The van der Waals surface area contributed by atoms with E-state index >= 15 is 0 Å². The Bertz CT molecular complexity index is 75.3. The van der Waals surface area contributed by atoms with Gasteiger partial charge in [0, 0.05) is 11.9 Å². The van der Waals surface area contributed by atoms with Gasteiger partial charge in [0.1, 0.15) is 0 Å². The third-order valence-corrected chi connectivity index (χ3v) is 0. The molecule has 0 radical (unpaired) electrons. The molecule has 0 aromatic rings. The fourth-order valence-electron chi connectivity index (χ4n) is 0. The van der Waals surface area contributed by atoms with E-state index in [-0.39, 0.29) is 83.2 Å². The minimum Gasteiger partial charge on any atom is -0.550 e. The van der Waals surface area contributed by atoms with Crippen LogP contribution in [0.4, 0.5) is 0 Å². The second-order valence-electron chi connectivity index (χ2n) is 0.983. The first-order valence-electron chi connectivity index (χ1n) is 1.82.